The van der Waals surface area contributed by atoms with Gasteiger partial charge < -0.3 is 14.2 Å². The molecule has 150 valence electrons. The van der Waals surface area contributed by atoms with Crippen LogP contribution in [0.3, 0.4) is 0 Å². The Morgan fingerprint density at radius 3 is 2.86 bits per heavy atom. The van der Waals surface area contributed by atoms with Crippen molar-refractivity contribution in [1.29, 1.82) is 0 Å². The van der Waals surface area contributed by atoms with Crippen LogP contribution in [0.4, 0.5) is 0 Å². The molecule has 0 aromatic carbocycles. The molecule has 0 aliphatic carbocycles. The van der Waals surface area contributed by atoms with Crippen molar-refractivity contribution < 1.29 is 9.53 Å². The molecule has 2 aromatic heterocycles. The zero-order chi connectivity index (χ0) is 19.5. The Labute approximate surface area is 164 Å². The minimum atomic E-state index is -0.00138. The van der Waals surface area contributed by atoms with E-state index < -0.39 is 0 Å². The number of amides is 1. The average Bonchev–Trinajstić information content (AvgIpc) is 3.09. The molecular weight excluding hydrogens is 358 g/mol. The maximum absolute atomic E-state index is 12.9. The molecule has 4 rings (SSSR count). The molecule has 1 atom stereocenters. The normalized spacial score (nSPS) is 21.1. The van der Waals surface area contributed by atoms with Crippen molar-refractivity contribution in [2.24, 2.45) is 7.05 Å². The van der Waals surface area contributed by atoms with Crippen LogP contribution in [0.5, 0.6) is 0 Å². The smallest absolute Gasteiger partial charge is 0.257 e. The molecule has 2 saturated heterocycles. The van der Waals surface area contributed by atoms with E-state index in [1.54, 1.807) is 6.20 Å². The summed E-state index contributed by atoms with van der Waals surface area (Å²) >= 11 is 0. The van der Waals surface area contributed by atoms with Crippen LogP contribution in [-0.2, 0) is 18.3 Å². The summed E-state index contributed by atoms with van der Waals surface area (Å²) in [6.45, 7) is 7.41. The molecule has 0 saturated carbocycles. The number of carbonyl (C=O) groups excluding carboxylic acids is 1. The first-order chi connectivity index (χ1) is 13.6. The molecular formula is C19H27N7O2. The van der Waals surface area contributed by atoms with Gasteiger partial charge >= 0.3 is 0 Å². The number of likely N-dealkylation sites (tertiary alicyclic amines) is 1. The molecule has 0 radical (unpaired) electrons. The molecule has 2 aliphatic heterocycles. The molecule has 9 heteroatoms. The van der Waals surface area contributed by atoms with Crippen LogP contribution in [0.15, 0.2) is 12.5 Å². The highest BCUT2D eigenvalue weighted by Crippen LogP contribution is 2.27. The summed E-state index contributed by atoms with van der Waals surface area (Å²) in [6.07, 6.45) is 5.05. The molecule has 0 unspecified atom stereocenters. The molecule has 0 bridgehead atoms. The monoisotopic (exact) mass is 385 g/mol. The number of piperidine rings is 1. The van der Waals surface area contributed by atoms with E-state index in [0.717, 1.165) is 63.9 Å². The fraction of sp³-hybridized carbons (Fsp3) is 0.632. The quantitative estimate of drug-likeness (QED) is 0.768. The fourth-order valence-corrected chi connectivity index (χ4v) is 3.97. The fourth-order valence-electron chi connectivity index (χ4n) is 3.97. The molecule has 1 amide bonds. The van der Waals surface area contributed by atoms with Crippen LogP contribution in [0.1, 0.15) is 46.5 Å². The SMILES string of the molecule is Cc1ncncc1C(=O)N1CCC[C@H](c2nnc(CN3CCOCC3)n2C)C1. The molecule has 4 heterocycles. The van der Waals surface area contributed by atoms with Gasteiger partial charge in [-0.15, -0.1) is 10.2 Å². The van der Waals surface area contributed by atoms with Gasteiger partial charge in [0.15, 0.2) is 0 Å². The number of rotatable bonds is 4. The largest absolute Gasteiger partial charge is 0.379 e. The number of nitrogens with zero attached hydrogens (tertiary/aromatic N) is 7. The van der Waals surface area contributed by atoms with Crippen molar-refractivity contribution in [2.75, 3.05) is 39.4 Å². The van der Waals surface area contributed by atoms with E-state index in [9.17, 15) is 4.79 Å². The Bertz CT molecular complexity index is 831. The van der Waals surface area contributed by atoms with Gasteiger partial charge in [0.2, 0.25) is 0 Å². The van der Waals surface area contributed by atoms with Gasteiger partial charge in [0.05, 0.1) is 31.0 Å². The molecule has 2 aliphatic rings. The molecule has 2 aromatic rings. The Morgan fingerprint density at radius 2 is 2.07 bits per heavy atom. The predicted octanol–water partition coefficient (Wildman–Crippen LogP) is 0.766. The standard InChI is InChI=1S/C19H27N7O2/c1-14-16(10-20-13-21-14)19(27)26-5-3-4-15(11-26)18-23-22-17(24(18)2)12-25-6-8-28-9-7-25/h10,13,15H,3-9,11-12H2,1-2H3/t15-/m0/s1. The van der Waals surface area contributed by atoms with E-state index in [2.05, 4.69) is 29.6 Å². The number of hydrogen-bond donors (Lipinski definition) is 0. The lowest BCUT2D eigenvalue weighted by atomic mass is 9.96. The van der Waals surface area contributed by atoms with Crippen molar-refractivity contribution in [3.05, 3.63) is 35.4 Å². The second-order valence-corrected chi connectivity index (χ2v) is 7.53. The van der Waals surface area contributed by atoms with Gasteiger partial charge in [0.1, 0.15) is 18.0 Å². The molecule has 0 spiro atoms. The van der Waals surface area contributed by atoms with Gasteiger partial charge in [0, 0.05) is 45.3 Å². The third-order valence-electron chi connectivity index (χ3n) is 5.68. The first kappa shape index (κ1) is 18.9. The van der Waals surface area contributed by atoms with E-state index in [4.69, 9.17) is 4.74 Å². The number of ether oxygens (including phenoxy) is 1. The number of aryl methyl sites for hydroxylation is 1. The Morgan fingerprint density at radius 1 is 1.25 bits per heavy atom. The van der Waals surface area contributed by atoms with Crippen LogP contribution in [0.25, 0.3) is 0 Å². The van der Waals surface area contributed by atoms with Crippen LogP contribution in [0, 0.1) is 6.92 Å². The van der Waals surface area contributed by atoms with Gasteiger partial charge in [-0.3, -0.25) is 9.69 Å². The molecule has 0 N–H and O–H groups in total. The highest BCUT2D eigenvalue weighted by Gasteiger charge is 2.30. The lowest BCUT2D eigenvalue weighted by molar-refractivity contribution is 0.0326. The minimum Gasteiger partial charge on any atom is -0.379 e. The van der Waals surface area contributed by atoms with Crippen LogP contribution < -0.4 is 0 Å². The predicted molar refractivity (Wildman–Crippen MR) is 102 cm³/mol. The van der Waals surface area contributed by atoms with Gasteiger partial charge in [-0.25, -0.2) is 9.97 Å². The van der Waals surface area contributed by atoms with Gasteiger partial charge in [-0.1, -0.05) is 0 Å². The zero-order valence-corrected chi connectivity index (χ0v) is 16.5. The maximum Gasteiger partial charge on any atom is 0.257 e. The van der Waals surface area contributed by atoms with Crippen molar-refractivity contribution in [3.63, 3.8) is 0 Å². The maximum atomic E-state index is 12.9. The summed E-state index contributed by atoms with van der Waals surface area (Å²) in [7, 11) is 2.03. The van der Waals surface area contributed by atoms with Crippen molar-refractivity contribution in [2.45, 2.75) is 32.2 Å². The van der Waals surface area contributed by atoms with Crippen LogP contribution in [-0.4, -0.2) is 79.8 Å². The van der Waals surface area contributed by atoms with Crippen molar-refractivity contribution in [3.8, 4) is 0 Å². The Hall–Kier alpha value is -2.39. The van der Waals surface area contributed by atoms with E-state index in [1.165, 1.54) is 6.33 Å². The summed E-state index contributed by atoms with van der Waals surface area (Å²) in [5.74, 6) is 2.12. The van der Waals surface area contributed by atoms with Gasteiger partial charge in [-0.2, -0.15) is 0 Å². The number of hydrogen-bond acceptors (Lipinski definition) is 7. The lowest BCUT2D eigenvalue weighted by Crippen LogP contribution is -2.40. The summed E-state index contributed by atoms with van der Waals surface area (Å²) in [5.41, 5.74) is 1.29. The number of aromatic nitrogens is 5. The average molecular weight is 385 g/mol. The summed E-state index contributed by atoms with van der Waals surface area (Å²) in [5, 5.41) is 8.92. The highest BCUT2D eigenvalue weighted by atomic mass is 16.5. The summed E-state index contributed by atoms with van der Waals surface area (Å²) < 4.78 is 7.52. The molecule has 9 nitrogen and oxygen atoms in total. The minimum absolute atomic E-state index is 0.00138. The van der Waals surface area contributed by atoms with Crippen molar-refractivity contribution in [1.82, 2.24) is 34.5 Å². The Balaban J connectivity index is 1.46. The summed E-state index contributed by atoms with van der Waals surface area (Å²) in [6, 6.07) is 0. The van der Waals surface area contributed by atoms with Crippen molar-refractivity contribution >= 4 is 5.91 Å². The van der Waals surface area contributed by atoms with E-state index in [-0.39, 0.29) is 11.8 Å². The van der Waals surface area contributed by atoms with E-state index in [1.807, 2.05) is 18.9 Å². The second kappa shape index (κ2) is 8.32. The number of carbonyl (C=O) groups is 1. The lowest BCUT2D eigenvalue weighted by Gasteiger charge is -2.32. The number of morpholine rings is 1. The van der Waals surface area contributed by atoms with E-state index >= 15 is 0 Å². The summed E-state index contributed by atoms with van der Waals surface area (Å²) in [4.78, 5) is 25.3. The highest BCUT2D eigenvalue weighted by molar-refractivity contribution is 5.95. The third-order valence-corrected chi connectivity index (χ3v) is 5.68. The van der Waals surface area contributed by atoms with Crippen LogP contribution >= 0.6 is 0 Å². The third kappa shape index (κ3) is 3.90. The topological polar surface area (TPSA) is 89.3 Å². The molecule has 2 fully saturated rings. The zero-order valence-electron chi connectivity index (χ0n) is 16.5. The Kier molecular flexibility index (Phi) is 5.63. The first-order valence-corrected chi connectivity index (χ1v) is 9.87. The first-order valence-electron chi connectivity index (χ1n) is 9.87. The van der Waals surface area contributed by atoms with Crippen LogP contribution in [0.2, 0.25) is 0 Å². The van der Waals surface area contributed by atoms with Gasteiger partial charge in [-0.05, 0) is 19.8 Å². The second-order valence-electron chi connectivity index (χ2n) is 7.53. The van der Waals surface area contributed by atoms with Gasteiger partial charge in [0.25, 0.3) is 5.91 Å². The van der Waals surface area contributed by atoms with E-state index in [0.29, 0.717) is 17.8 Å². The molecule has 28 heavy (non-hydrogen) atoms.